The molecule has 0 radical (unpaired) electrons. The van der Waals surface area contributed by atoms with Gasteiger partial charge >= 0.3 is 0 Å². The average Bonchev–Trinajstić information content (AvgIpc) is 3.21. The molecule has 6 heteroatoms. The van der Waals surface area contributed by atoms with Crippen LogP contribution in [0, 0.1) is 0 Å². The zero-order chi connectivity index (χ0) is 18.3. The van der Waals surface area contributed by atoms with Gasteiger partial charge in [0, 0.05) is 12.3 Å². The number of hydrogen-bond donors (Lipinski definition) is 3. The highest BCUT2D eigenvalue weighted by molar-refractivity contribution is 5.95. The fraction of sp³-hybridized carbons (Fsp3) is 0.250. The minimum atomic E-state index is -0.884. The van der Waals surface area contributed by atoms with Crippen LogP contribution in [0.25, 0.3) is 11.1 Å². The van der Waals surface area contributed by atoms with Crippen LogP contribution in [0.2, 0.25) is 0 Å². The molecule has 0 unspecified atom stereocenters. The van der Waals surface area contributed by atoms with Crippen LogP contribution < -0.4 is 16.4 Å². The molecule has 6 nitrogen and oxygen atoms in total. The number of nitrogens with two attached hydrogens (primary N) is 1. The van der Waals surface area contributed by atoms with Crippen LogP contribution in [-0.2, 0) is 14.4 Å². The molecule has 4 N–H and O–H groups in total. The zero-order valence-electron chi connectivity index (χ0n) is 14.1. The highest BCUT2D eigenvalue weighted by atomic mass is 16.2. The van der Waals surface area contributed by atoms with Crippen molar-refractivity contribution in [2.45, 2.75) is 30.8 Å². The van der Waals surface area contributed by atoms with E-state index in [0.717, 1.165) is 22.3 Å². The van der Waals surface area contributed by atoms with Gasteiger partial charge in [-0.2, -0.15) is 0 Å². The van der Waals surface area contributed by atoms with Gasteiger partial charge in [0.05, 0.1) is 0 Å². The second-order valence-electron chi connectivity index (χ2n) is 6.70. The van der Waals surface area contributed by atoms with E-state index in [1.165, 1.54) is 0 Å². The number of benzene rings is 2. The molecule has 2 aliphatic rings. The summed E-state index contributed by atoms with van der Waals surface area (Å²) in [7, 11) is 0. The monoisotopic (exact) mass is 349 g/mol. The Bertz CT molecular complexity index is 863. The van der Waals surface area contributed by atoms with Crippen LogP contribution in [0.3, 0.4) is 0 Å². The first kappa shape index (κ1) is 16.3. The summed E-state index contributed by atoms with van der Waals surface area (Å²) >= 11 is 0. The van der Waals surface area contributed by atoms with Gasteiger partial charge in [-0.15, -0.1) is 0 Å². The molecule has 4 rings (SSSR count). The van der Waals surface area contributed by atoms with E-state index in [4.69, 9.17) is 5.73 Å². The molecule has 132 valence electrons. The molecule has 1 saturated heterocycles. The summed E-state index contributed by atoms with van der Waals surface area (Å²) in [6, 6.07) is 14.1. The largest absolute Gasteiger partial charge is 0.368 e. The van der Waals surface area contributed by atoms with Crippen molar-refractivity contribution >= 4 is 17.7 Å². The van der Waals surface area contributed by atoms with Crippen molar-refractivity contribution in [3.63, 3.8) is 0 Å². The Hall–Kier alpha value is -3.15. The molecule has 2 aromatic carbocycles. The molecule has 2 atom stereocenters. The summed E-state index contributed by atoms with van der Waals surface area (Å²) < 4.78 is 0. The Kier molecular flexibility index (Phi) is 3.95. The van der Waals surface area contributed by atoms with Crippen LogP contribution in [0.1, 0.15) is 29.9 Å². The van der Waals surface area contributed by atoms with Gasteiger partial charge in [0.25, 0.3) is 0 Å². The first-order valence-corrected chi connectivity index (χ1v) is 8.63. The van der Waals surface area contributed by atoms with Gasteiger partial charge < -0.3 is 16.4 Å². The summed E-state index contributed by atoms with van der Waals surface area (Å²) in [5.74, 6) is -1.47. The van der Waals surface area contributed by atoms with Gasteiger partial charge in [-0.25, -0.2) is 0 Å². The summed E-state index contributed by atoms with van der Waals surface area (Å²) in [6.45, 7) is 0. The van der Waals surface area contributed by atoms with Crippen molar-refractivity contribution in [2.75, 3.05) is 0 Å². The summed E-state index contributed by atoms with van der Waals surface area (Å²) in [6.07, 6.45) is 0.739. The first-order valence-electron chi connectivity index (χ1n) is 8.63. The van der Waals surface area contributed by atoms with Gasteiger partial charge in [0.2, 0.25) is 17.7 Å². The summed E-state index contributed by atoms with van der Waals surface area (Å²) in [5, 5.41) is 5.40. The first-order chi connectivity index (χ1) is 12.6. The van der Waals surface area contributed by atoms with Crippen molar-refractivity contribution in [1.29, 1.82) is 0 Å². The third kappa shape index (κ3) is 2.63. The van der Waals surface area contributed by atoms with Crippen LogP contribution in [0.4, 0.5) is 0 Å². The number of rotatable bonds is 4. The second-order valence-corrected chi connectivity index (χ2v) is 6.70. The predicted molar refractivity (Wildman–Crippen MR) is 96.0 cm³/mol. The quantitative estimate of drug-likeness (QED) is 0.769. The maximum absolute atomic E-state index is 12.6. The normalized spacial score (nSPS) is 19.4. The molecule has 0 aromatic heterocycles. The second kappa shape index (κ2) is 6.29. The molecule has 1 fully saturated rings. The lowest BCUT2D eigenvalue weighted by molar-refractivity contribution is -0.129. The lowest BCUT2D eigenvalue weighted by atomic mass is 9.88. The molecule has 1 heterocycles. The van der Waals surface area contributed by atoms with Gasteiger partial charge in [-0.1, -0.05) is 48.5 Å². The minimum Gasteiger partial charge on any atom is -0.368 e. The fourth-order valence-corrected chi connectivity index (χ4v) is 3.94. The van der Waals surface area contributed by atoms with E-state index < -0.39 is 18.0 Å². The van der Waals surface area contributed by atoms with Crippen LogP contribution in [0.15, 0.2) is 48.5 Å². The fourth-order valence-electron chi connectivity index (χ4n) is 3.94. The number of carbonyl (C=O) groups is 3. The van der Waals surface area contributed by atoms with E-state index in [2.05, 4.69) is 10.6 Å². The number of carbonyl (C=O) groups excluding carboxylic acids is 3. The van der Waals surface area contributed by atoms with Gasteiger partial charge in [-0.05, 0) is 28.7 Å². The molecule has 3 amide bonds. The topological polar surface area (TPSA) is 101 Å². The number of amides is 3. The van der Waals surface area contributed by atoms with Crippen LogP contribution >= 0.6 is 0 Å². The SMILES string of the molecule is NC(=O)[C@@H](NC(=O)[C@@H]1CCC(=O)N1)C1c2ccccc2-c2ccccc21. The van der Waals surface area contributed by atoms with Crippen molar-refractivity contribution in [3.05, 3.63) is 59.7 Å². The van der Waals surface area contributed by atoms with Gasteiger partial charge in [0.15, 0.2) is 0 Å². The number of primary amides is 1. The Morgan fingerprint density at radius 2 is 1.62 bits per heavy atom. The molecule has 0 spiro atoms. The maximum atomic E-state index is 12.6. The number of nitrogens with one attached hydrogen (secondary N) is 2. The Balaban J connectivity index is 1.70. The smallest absolute Gasteiger partial charge is 0.243 e. The van der Waals surface area contributed by atoms with E-state index in [9.17, 15) is 14.4 Å². The molecule has 1 aliphatic heterocycles. The van der Waals surface area contributed by atoms with E-state index in [0.29, 0.717) is 12.8 Å². The molecular weight excluding hydrogens is 330 g/mol. The number of fused-ring (bicyclic) bond motifs is 3. The summed E-state index contributed by atoms with van der Waals surface area (Å²) in [5.41, 5.74) is 9.68. The Labute approximate surface area is 150 Å². The van der Waals surface area contributed by atoms with Gasteiger partial charge in [-0.3, -0.25) is 14.4 Å². The highest BCUT2D eigenvalue weighted by Crippen LogP contribution is 2.46. The molecule has 0 bridgehead atoms. The molecular formula is C20H19N3O3. The average molecular weight is 349 g/mol. The third-order valence-electron chi connectivity index (χ3n) is 5.13. The van der Waals surface area contributed by atoms with Crippen molar-refractivity contribution < 1.29 is 14.4 Å². The Morgan fingerprint density at radius 1 is 1.04 bits per heavy atom. The van der Waals surface area contributed by atoms with Crippen molar-refractivity contribution in [2.24, 2.45) is 5.73 Å². The van der Waals surface area contributed by atoms with Crippen LogP contribution in [0.5, 0.6) is 0 Å². The lowest BCUT2D eigenvalue weighted by Crippen LogP contribution is -2.53. The Morgan fingerprint density at radius 3 is 2.12 bits per heavy atom. The lowest BCUT2D eigenvalue weighted by Gasteiger charge is -2.25. The van der Waals surface area contributed by atoms with E-state index in [1.54, 1.807) is 0 Å². The highest BCUT2D eigenvalue weighted by Gasteiger charge is 2.39. The van der Waals surface area contributed by atoms with E-state index in [1.807, 2.05) is 48.5 Å². The van der Waals surface area contributed by atoms with E-state index in [-0.39, 0.29) is 17.7 Å². The van der Waals surface area contributed by atoms with Crippen molar-refractivity contribution in [3.8, 4) is 11.1 Å². The van der Waals surface area contributed by atoms with Crippen molar-refractivity contribution in [1.82, 2.24) is 10.6 Å². The molecule has 1 aliphatic carbocycles. The molecule has 2 aromatic rings. The van der Waals surface area contributed by atoms with E-state index >= 15 is 0 Å². The molecule has 26 heavy (non-hydrogen) atoms. The predicted octanol–water partition coefficient (Wildman–Crippen LogP) is 1.05. The summed E-state index contributed by atoms with van der Waals surface area (Å²) in [4.78, 5) is 36.2. The standard InChI is InChI=1S/C20H19N3O3/c21-19(25)18(23-20(26)15-9-10-16(24)22-15)17-13-7-3-1-5-11(13)12-6-2-4-8-14(12)17/h1-8,15,17-18H,9-10H2,(H2,21,25)(H,22,24)(H,23,26)/t15-,18-/m0/s1. The number of hydrogen-bond acceptors (Lipinski definition) is 3. The van der Waals surface area contributed by atoms with Gasteiger partial charge in [0.1, 0.15) is 12.1 Å². The third-order valence-corrected chi connectivity index (χ3v) is 5.13. The van der Waals surface area contributed by atoms with Crippen LogP contribution in [-0.4, -0.2) is 29.8 Å². The molecule has 0 saturated carbocycles. The zero-order valence-corrected chi connectivity index (χ0v) is 14.1. The maximum Gasteiger partial charge on any atom is 0.243 e. The minimum absolute atomic E-state index is 0.155.